The summed E-state index contributed by atoms with van der Waals surface area (Å²) in [6.45, 7) is 0. The minimum Gasteiger partial charge on any atom is -0.497 e. The Morgan fingerprint density at radius 2 is 2.06 bits per heavy atom. The first-order valence-corrected chi connectivity index (χ1v) is 5.36. The summed E-state index contributed by atoms with van der Waals surface area (Å²) in [5.41, 5.74) is 1.62. The number of aromatic nitrogens is 2. The molecule has 0 amide bonds. The summed E-state index contributed by atoms with van der Waals surface area (Å²) in [5, 5.41) is 2.03. The van der Waals surface area contributed by atoms with E-state index in [1.54, 1.807) is 13.3 Å². The average molecular weight is 228 g/mol. The normalized spacial score (nSPS) is 11.2. The van der Waals surface area contributed by atoms with Crippen LogP contribution < -0.4 is 10.3 Å². The Hall–Kier alpha value is -2.23. The molecule has 0 bridgehead atoms. The van der Waals surface area contributed by atoms with Gasteiger partial charge in [0, 0.05) is 30.1 Å². The minimum absolute atomic E-state index is 0.0693. The van der Waals surface area contributed by atoms with Gasteiger partial charge in [-0.2, -0.15) is 0 Å². The quantitative estimate of drug-likeness (QED) is 0.692. The summed E-state index contributed by atoms with van der Waals surface area (Å²) in [4.78, 5) is 14.5. The van der Waals surface area contributed by atoms with Crippen LogP contribution in [-0.2, 0) is 7.05 Å². The maximum absolute atomic E-state index is 11.8. The summed E-state index contributed by atoms with van der Waals surface area (Å²) in [6.07, 6.45) is 1.67. The van der Waals surface area contributed by atoms with Crippen LogP contribution in [0.15, 0.2) is 35.3 Å². The van der Waals surface area contributed by atoms with Crippen molar-refractivity contribution in [1.29, 1.82) is 0 Å². The fourth-order valence-electron chi connectivity index (χ4n) is 2.28. The zero-order chi connectivity index (χ0) is 12.0. The number of fused-ring (bicyclic) bond motifs is 3. The lowest BCUT2D eigenvalue weighted by molar-refractivity contribution is 0.415. The number of hydrogen-bond donors (Lipinski definition) is 1. The van der Waals surface area contributed by atoms with E-state index in [0.29, 0.717) is 5.52 Å². The monoisotopic (exact) mass is 228 g/mol. The predicted octanol–water partition coefficient (Wildman–Crippen LogP) is 2.03. The van der Waals surface area contributed by atoms with Crippen molar-refractivity contribution in [2.75, 3.05) is 7.11 Å². The van der Waals surface area contributed by atoms with Crippen molar-refractivity contribution in [2.45, 2.75) is 0 Å². The molecule has 2 aromatic heterocycles. The van der Waals surface area contributed by atoms with Crippen molar-refractivity contribution >= 4 is 21.8 Å². The van der Waals surface area contributed by atoms with Crippen LogP contribution in [0.1, 0.15) is 0 Å². The molecule has 1 N–H and O–H groups in total. The third-order valence-electron chi connectivity index (χ3n) is 3.13. The lowest BCUT2D eigenvalue weighted by Gasteiger charge is -2.00. The van der Waals surface area contributed by atoms with E-state index in [0.717, 1.165) is 22.0 Å². The molecular weight excluding hydrogens is 216 g/mol. The second-order valence-electron chi connectivity index (χ2n) is 4.01. The highest BCUT2D eigenvalue weighted by molar-refractivity contribution is 6.07. The van der Waals surface area contributed by atoms with Crippen LogP contribution in [0.4, 0.5) is 0 Å². The van der Waals surface area contributed by atoms with Crippen LogP contribution in [0, 0.1) is 0 Å². The van der Waals surface area contributed by atoms with Crippen molar-refractivity contribution in [3.8, 4) is 5.75 Å². The molecule has 3 rings (SSSR count). The number of methoxy groups -OCH3 is 1. The number of aromatic amines is 1. The smallest absolute Gasteiger partial charge is 0.272 e. The number of pyridine rings is 1. The largest absolute Gasteiger partial charge is 0.497 e. The SMILES string of the molecule is COc1ccc2c3cc[nH]c(=O)c3n(C)c2c1. The van der Waals surface area contributed by atoms with Gasteiger partial charge in [0.2, 0.25) is 0 Å². The lowest BCUT2D eigenvalue weighted by Crippen LogP contribution is -2.07. The van der Waals surface area contributed by atoms with E-state index in [2.05, 4.69) is 4.98 Å². The number of hydrogen-bond acceptors (Lipinski definition) is 2. The van der Waals surface area contributed by atoms with E-state index in [1.807, 2.05) is 35.9 Å². The number of nitrogens with zero attached hydrogens (tertiary/aromatic N) is 1. The molecule has 0 fully saturated rings. The van der Waals surface area contributed by atoms with Gasteiger partial charge >= 0.3 is 0 Å². The van der Waals surface area contributed by atoms with Crippen molar-refractivity contribution in [1.82, 2.24) is 9.55 Å². The van der Waals surface area contributed by atoms with Crippen molar-refractivity contribution in [3.63, 3.8) is 0 Å². The second kappa shape index (κ2) is 3.38. The Morgan fingerprint density at radius 1 is 1.24 bits per heavy atom. The third-order valence-corrected chi connectivity index (χ3v) is 3.13. The van der Waals surface area contributed by atoms with Crippen molar-refractivity contribution in [2.24, 2.45) is 7.05 Å². The fraction of sp³-hybridized carbons (Fsp3) is 0.154. The maximum Gasteiger partial charge on any atom is 0.272 e. The van der Waals surface area contributed by atoms with Crippen LogP contribution in [0.5, 0.6) is 5.75 Å². The van der Waals surface area contributed by atoms with Crippen LogP contribution >= 0.6 is 0 Å². The van der Waals surface area contributed by atoms with Gasteiger partial charge in [-0.05, 0) is 18.2 Å². The molecule has 4 nitrogen and oxygen atoms in total. The van der Waals surface area contributed by atoms with E-state index in [1.165, 1.54) is 0 Å². The first-order chi connectivity index (χ1) is 8.22. The molecule has 17 heavy (non-hydrogen) atoms. The summed E-state index contributed by atoms with van der Waals surface area (Å²) in [7, 11) is 3.52. The Labute approximate surface area is 97.4 Å². The van der Waals surface area contributed by atoms with Crippen molar-refractivity contribution < 1.29 is 4.74 Å². The van der Waals surface area contributed by atoms with Crippen LogP contribution in [-0.4, -0.2) is 16.7 Å². The van der Waals surface area contributed by atoms with Crippen LogP contribution in [0.2, 0.25) is 0 Å². The molecule has 0 aliphatic rings. The van der Waals surface area contributed by atoms with E-state index in [-0.39, 0.29) is 5.56 Å². The van der Waals surface area contributed by atoms with Gasteiger partial charge in [-0.25, -0.2) is 0 Å². The molecular formula is C13H12N2O2. The zero-order valence-electron chi connectivity index (χ0n) is 9.65. The van der Waals surface area contributed by atoms with E-state index >= 15 is 0 Å². The molecule has 1 aromatic carbocycles. The minimum atomic E-state index is -0.0693. The maximum atomic E-state index is 11.8. The Bertz CT molecular complexity index is 768. The summed E-state index contributed by atoms with van der Waals surface area (Å²) < 4.78 is 7.10. The number of ether oxygens (including phenoxy) is 1. The Morgan fingerprint density at radius 3 is 2.82 bits per heavy atom. The number of nitrogens with one attached hydrogen (secondary N) is 1. The van der Waals surface area contributed by atoms with Crippen LogP contribution in [0.3, 0.4) is 0 Å². The van der Waals surface area contributed by atoms with Gasteiger partial charge in [-0.3, -0.25) is 4.79 Å². The van der Waals surface area contributed by atoms with Gasteiger partial charge in [0.25, 0.3) is 5.56 Å². The standard InChI is InChI=1S/C13H12N2O2/c1-15-11-7-8(17-2)3-4-9(11)10-5-6-14-13(16)12(10)15/h3-7H,1-2H3,(H,14,16). The highest BCUT2D eigenvalue weighted by atomic mass is 16.5. The average Bonchev–Trinajstić information content (AvgIpc) is 2.64. The zero-order valence-corrected chi connectivity index (χ0v) is 9.65. The predicted molar refractivity (Wildman–Crippen MR) is 67.6 cm³/mol. The Balaban J connectivity index is 2.58. The fourth-order valence-corrected chi connectivity index (χ4v) is 2.28. The molecule has 0 aliphatic heterocycles. The molecule has 0 saturated carbocycles. The van der Waals surface area contributed by atoms with Gasteiger partial charge in [0.1, 0.15) is 11.3 Å². The summed E-state index contributed by atoms with van der Waals surface area (Å²) >= 11 is 0. The van der Waals surface area contributed by atoms with Gasteiger partial charge in [-0.15, -0.1) is 0 Å². The molecule has 0 atom stereocenters. The number of rotatable bonds is 1. The Kier molecular flexibility index (Phi) is 1.98. The van der Waals surface area contributed by atoms with Gasteiger partial charge < -0.3 is 14.3 Å². The lowest BCUT2D eigenvalue weighted by atomic mass is 10.2. The number of H-pyrrole nitrogens is 1. The first-order valence-electron chi connectivity index (χ1n) is 5.36. The highest BCUT2D eigenvalue weighted by Gasteiger charge is 2.10. The van der Waals surface area contributed by atoms with Crippen molar-refractivity contribution in [3.05, 3.63) is 40.8 Å². The van der Waals surface area contributed by atoms with E-state index in [4.69, 9.17) is 4.74 Å². The topological polar surface area (TPSA) is 47.0 Å². The molecule has 0 aliphatic carbocycles. The molecule has 2 heterocycles. The summed E-state index contributed by atoms with van der Waals surface area (Å²) in [6, 6.07) is 7.75. The molecule has 4 heteroatoms. The first kappa shape index (κ1) is 9.96. The number of aryl methyl sites for hydroxylation is 1. The summed E-state index contributed by atoms with van der Waals surface area (Å²) in [5.74, 6) is 0.792. The third kappa shape index (κ3) is 1.27. The van der Waals surface area contributed by atoms with E-state index in [9.17, 15) is 4.79 Å². The van der Waals surface area contributed by atoms with Gasteiger partial charge in [0.05, 0.1) is 12.6 Å². The number of benzene rings is 1. The van der Waals surface area contributed by atoms with E-state index < -0.39 is 0 Å². The molecule has 86 valence electrons. The highest BCUT2D eigenvalue weighted by Crippen LogP contribution is 2.28. The molecule has 0 unspecified atom stereocenters. The van der Waals surface area contributed by atoms with Crippen LogP contribution in [0.25, 0.3) is 21.8 Å². The molecule has 3 aromatic rings. The molecule has 0 radical (unpaired) electrons. The molecule has 0 saturated heterocycles. The second-order valence-corrected chi connectivity index (χ2v) is 4.01. The van der Waals surface area contributed by atoms with Gasteiger partial charge in [0.15, 0.2) is 0 Å². The molecule has 0 spiro atoms. The van der Waals surface area contributed by atoms with Gasteiger partial charge in [-0.1, -0.05) is 0 Å².